The number of hydrogen-bond donors (Lipinski definition) is 0. The molecule has 0 N–H and O–H groups in total. The highest BCUT2D eigenvalue weighted by molar-refractivity contribution is 5.98. The lowest BCUT2D eigenvalue weighted by Crippen LogP contribution is -2.33. The van der Waals surface area contributed by atoms with E-state index in [-0.39, 0.29) is 5.92 Å². The predicted octanol–water partition coefficient (Wildman–Crippen LogP) is 5.58. The molecule has 0 saturated heterocycles. The van der Waals surface area contributed by atoms with Crippen LogP contribution in [0.3, 0.4) is 0 Å². The van der Waals surface area contributed by atoms with Gasteiger partial charge in [0.05, 0.1) is 0 Å². The van der Waals surface area contributed by atoms with E-state index >= 15 is 0 Å². The Morgan fingerprint density at radius 2 is 1.86 bits per heavy atom. The third-order valence-electron chi connectivity index (χ3n) is 5.71. The minimum absolute atomic E-state index is 0.231. The van der Waals surface area contributed by atoms with Crippen molar-refractivity contribution in [3.05, 3.63) is 34.9 Å². The van der Waals surface area contributed by atoms with Crippen molar-refractivity contribution < 1.29 is 4.79 Å². The minimum Gasteiger partial charge on any atom is -0.294 e. The molecule has 4 unspecified atom stereocenters. The van der Waals surface area contributed by atoms with Crippen LogP contribution in [-0.4, -0.2) is 5.78 Å². The highest BCUT2D eigenvalue weighted by atomic mass is 16.1. The molecule has 1 aromatic carbocycles. The van der Waals surface area contributed by atoms with Gasteiger partial charge in [-0.1, -0.05) is 45.7 Å². The molecule has 0 bridgehead atoms. The Morgan fingerprint density at radius 3 is 2.48 bits per heavy atom. The summed E-state index contributed by atoms with van der Waals surface area (Å²) in [6.45, 7) is 11.2. The Bertz CT molecular complexity index is 503. The summed E-state index contributed by atoms with van der Waals surface area (Å²) in [7, 11) is 0. The molecule has 1 nitrogen and oxygen atoms in total. The average Bonchev–Trinajstić information content (AvgIpc) is 2.46. The van der Waals surface area contributed by atoms with Gasteiger partial charge in [-0.2, -0.15) is 0 Å². The summed E-state index contributed by atoms with van der Waals surface area (Å²) in [4.78, 5) is 12.9. The quantitative estimate of drug-likeness (QED) is 0.660. The maximum atomic E-state index is 12.9. The molecule has 0 radical (unpaired) electrons. The summed E-state index contributed by atoms with van der Waals surface area (Å²) in [6, 6.07) is 6.18. The normalized spacial score (nSPS) is 29.4. The largest absolute Gasteiger partial charge is 0.294 e. The van der Waals surface area contributed by atoms with E-state index in [4.69, 9.17) is 0 Å². The van der Waals surface area contributed by atoms with Gasteiger partial charge < -0.3 is 0 Å². The van der Waals surface area contributed by atoms with Crippen molar-refractivity contribution in [1.82, 2.24) is 0 Å². The monoisotopic (exact) mass is 286 g/mol. The van der Waals surface area contributed by atoms with Crippen LogP contribution in [-0.2, 0) is 0 Å². The molecule has 116 valence electrons. The Hall–Kier alpha value is -1.11. The van der Waals surface area contributed by atoms with E-state index in [2.05, 4.69) is 46.8 Å². The van der Waals surface area contributed by atoms with Crippen molar-refractivity contribution in [2.24, 2.45) is 23.7 Å². The molecule has 0 aromatic heterocycles. The maximum absolute atomic E-state index is 12.9. The van der Waals surface area contributed by atoms with Gasteiger partial charge in [0.1, 0.15) is 0 Å². The zero-order chi connectivity index (χ0) is 15.6. The van der Waals surface area contributed by atoms with Gasteiger partial charge in [0.25, 0.3) is 0 Å². The summed E-state index contributed by atoms with van der Waals surface area (Å²) in [5, 5.41) is 0. The summed E-state index contributed by atoms with van der Waals surface area (Å²) in [5.74, 6) is 2.75. The van der Waals surface area contributed by atoms with Crippen LogP contribution in [0.4, 0.5) is 0 Å². The predicted molar refractivity (Wildman–Crippen MR) is 89.7 cm³/mol. The average molecular weight is 286 g/mol. The third-order valence-corrected chi connectivity index (χ3v) is 5.71. The fraction of sp³-hybridized carbons (Fsp3) is 0.650. The van der Waals surface area contributed by atoms with Crippen LogP contribution in [0.25, 0.3) is 0 Å². The molecular weight excluding hydrogens is 256 g/mol. The summed E-state index contributed by atoms with van der Waals surface area (Å²) in [6.07, 6.45) is 4.65. The number of benzene rings is 1. The van der Waals surface area contributed by atoms with E-state index in [0.717, 1.165) is 30.2 Å². The number of carbonyl (C=O) groups excluding carboxylic acids is 1. The fourth-order valence-corrected chi connectivity index (χ4v) is 3.90. The lowest BCUT2D eigenvalue weighted by molar-refractivity contribution is 0.0726. The third kappa shape index (κ3) is 3.56. The van der Waals surface area contributed by atoms with Crippen molar-refractivity contribution in [2.45, 2.75) is 60.3 Å². The van der Waals surface area contributed by atoms with Gasteiger partial charge >= 0.3 is 0 Å². The van der Waals surface area contributed by atoms with Crippen molar-refractivity contribution in [3.8, 4) is 0 Å². The molecule has 1 saturated carbocycles. The topological polar surface area (TPSA) is 17.1 Å². The van der Waals surface area contributed by atoms with Gasteiger partial charge in [0.2, 0.25) is 0 Å². The van der Waals surface area contributed by atoms with Gasteiger partial charge in [-0.15, -0.1) is 0 Å². The zero-order valence-corrected chi connectivity index (χ0v) is 14.3. The highest BCUT2D eigenvalue weighted by Gasteiger charge is 2.35. The Morgan fingerprint density at radius 1 is 1.14 bits per heavy atom. The van der Waals surface area contributed by atoms with E-state index in [0.29, 0.717) is 11.7 Å². The summed E-state index contributed by atoms with van der Waals surface area (Å²) < 4.78 is 0. The molecule has 0 amide bonds. The maximum Gasteiger partial charge on any atom is 0.165 e. The second-order valence-corrected chi connectivity index (χ2v) is 7.22. The highest BCUT2D eigenvalue weighted by Crippen LogP contribution is 2.41. The molecule has 1 fully saturated rings. The first kappa shape index (κ1) is 16.3. The molecule has 0 heterocycles. The van der Waals surface area contributed by atoms with Crippen molar-refractivity contribution in [2.75, 3.05) is 0 Å². The van der Waals surface area contributed by atoms with Crippen molar-refractivity contribution in [1.29, 1.82) is 0 Å². The molecule has 21 heavy (non-hydrogen) atoms. The molecule has 0 spiro atoms. The first-order valence-electron chi connectivity index (χ1n) is 8.55. The van der Waals surface area contributed by atoms with Crippen LogP contribution in [0.1, 0.15) is 67.9 Å². The first-order valence-corrected chi connectivity index (χ1v) is 8.55. The van der Waals surface area contributed by atoms with E-state index in [1.165, 1.54) is 24.0 Å². The van der Waals surface area contributed by atoms with Gasteiger partial charge in [0.15, 0.2) is 5.78 Å². The second kappa shape index (κ2) is 6.77. The Labute approximate surface area is 130 Å². The number of Topliss-reactive ketones (excluding diaryl/α,β-unsaturated/α-hetero) is 1. The molecule has 1 aromatic rings. The Balaban J connectivity index is 2.16. The zero-order valence-electron chi connectivity index (χ0n) is 14.3. The fourth-order valence-electron chi connectivity index (χ4n) is 3.90. The lowest BCUT2D eigenvalue weighted by Gasteiger charge is -2.38. The van der Waals surface area contributed by atoms with Crippen molar-refractivity contribution >= 4 is 5.78 Å². The molecule has 1 aliphatic carbocycles. The second-order valence-electron chi connectivity index (χ2n) is 7.22. The molecular formula is C20H30O. The van der Waals surface area contributed by atoms with Gasteiger partial charge in [0, 0.05) is 11.5 Å². The first-order chi connectivity index (χ1) is 9.93. The van der Waals surface area contributed by atoms with Gasteiger partial charge in [-0.3, -0.25) is 4.79 Å². The smallest absolute Gasteiger partial charge is 0.165 e. The van der Waals surface area contributed by atoms with E-state index in [1.54, 1.807) is 0 Å². The molecule has 0 aliphatic heterocycles. The standard InChI is InChI=1S/C20H30O/c1-6-7-17-12-19(11-15(4)16(17)5)20(21)18-9-8-13(2)14(3)10-18/h8-10,15-17,19H,6-7,11-12H2,1-5H3. The number of aryl methyl sites for hydroxylation is 2. The van der Waals surface area contributed by atoms with Crippen LogP contribution >= 0.6 is 0 Å². The lowest BCUT2D eigenvalue weighted by atomic mass is 9.66. The Kier molecular flexibility index (Phi) is 5.24. The number of ketones is 1. The van der Waals surface area contributed by atoms with E-state index < -0.39 is 0 Å². The number of hydrogen-bond acceptors (Lipinski definition) is 1. The summed E-state index contributed by atoms with van der Waals surface area (Å²) in [5.41, 5.74) is 3.41. The van der Waals surface area contributed by atoms with E-state index in [9.17, 15) is 4.79 Å². The number of rotatable bonds is 4. The summed E-state index contributed by atoms with van der Waals surface area (Å²) >= 11 is 0. The van der Waals surface area contributed by atoms with Gasteiger partial charge in [-0.05, 0) is 61.6 Å². The molecule has 1 aliphatic rings. The molecule has 4 atom stereocenters. The SMILES string of the molecule is CCCC1CC(C(=O)c2ccc(C)c(C)c2)CC(C)C1C. The van der Waals surface area contributed by atoms with E-state index in [1.807, 2.05) is 6.07 Å². The van der Waals surface area contributed by atoms with Gasteiger partial charge in [-0.25, -0.2) is 0 Å². The number of carbonyl (C=O) groups is 1. The van der Waals surface area contributed by atoms with Crippen LogP contribution < -0.4 is 0 Å². The van der Waals surface area contributed by atoms with Crippen molar-refractivity contribution in [3.63, 3.8) is 0 Å². The van der Waals surface area contributed by atoms with Crippen LogP contribution in [0, 0.1) is 37.5 Å². The van der Waals surface area contributed by atoms with Crippen LogP contribution in [0.15, 0.2) is 18.2 Å². The molecule has 2 rings (SSSR count). The molecule has 1 heteroatoms. The van der Waals surface area contributed by atoms with Crippen LogP contribution in [0.2, 0.25) is 0 Å². The minimum atomic E-state index is 0.231. The van der Waals surface area contributed by atoms with Crippen LogP contribution in [0.5, 0.6) is 0 Å².